The summed E-state index contributed by atoms with van der Waals surface area (Å²) in [6.45, 7) is 16.9. The van der Waals surface area contributed by atoms with Gasteiger partial charge < -0.3 is 0 Å². The van der Waals surface area contributed by atoms with Crippen LogP contribution in [0.1, 0.15) is 45.2 Å². The van der Waals surface area contributed by atoms with E-state index in [0.29, 0.717) is 0 Å². The molecule has 0 nitrogen and oxygen atoms in total. The molecule has 0 saturated heterocycles. The van der Waals surface area contributed by atoms with Gasteiger partial charge in [0, 0.05) is 0 Å². The van der Waals surface area contributed by atoms with Gasteiger partial charge in [-0.2, -0.15) is 0 Å². The Hall–Kier alpha value is -1.04. The van der Waals surface area contributed by atoms with Crippen molar-refractivity contribution in [2.75, 3.05) is 0 Å². The van der Waals surface area contributed by atoms with Gasteiger partial charge in [-0.1, -0.05) is 58.4 Å². The summed E-state index contributed by atoms with van der Waals surface area (Å²) < 4.78 is 0. The monoisotopic (exact) mass is 220 g/mol. The molecule has 0 amide bonds. The van der Waals surface area contributed by atoms with E-state index < -0.39 is 0 Å². The molecule has 0 spiro atoms. The first-order valence-corrected chi connectivity index (χ1v) is 6.12. The summed E-state index contributed by atoms with van der Waals surface area (Å²) in [6.07, 6.45) is 2.46. The highest BCUT2D eigenvalue weighted by atomic mass is 14.0. The minimum atomic E-state index is 0.833. The van der Waals surface area contributed by atoms with Crippen molar-refractivity contribution in [3.05, 3.63) is 48.6 Å². The Morgan fingerprint density at radius 1 is 1.06 bits per heavy atom. The van der Waals surface area contributed by atoms with E-state index in [4.69, 9.17) is 0 Å². The van der Waals surface area contributed by atoms with Gasteiger partial charge in [-0.25, -0.2) is 0 Å². The standard InChI is InChI=1S/C10H14.C4H10.C2H4/c1-3-6-10-8-5-4-7-9(10)2;1-4(2)3;1-2/h4-5,7-8H,3,6H2,1-2H3;4H,1-3H3;1-2H2. The van der Waals surface area contributed by atoms with Crippen LogP contribution < -0.4 is 0 Å². The number of hydrogen-bond acceptors (Lipinski definition) is 0. The zero-order valence-corrected chi connectivity index (χ0v) is 11.7. The molecule has 0 N–H and O–H groups in total. The van der Waals surface area contributed by atoms with Gasteiger partial charge >= 0.3 is 0 Å². The van der Waals surface area contributed by atoms with E-state index in [9.17, 15) is 0 Å². The smallest absolute Gasteiger partial charge is 0.0279 e. The molecule has 1 aromatic carbocycles. The molecule has 16 heavy (non-hydrogen) atoms. The lowest BCUT2D eigenvalue weighted by Crippen LogP contribution is -1.85. The summed E-state index contributed by atoms with van der Waals surface area (Å²) in [5, 5.41) is 0. The van der Waals surface area contributed by atoms with Gasteiger partial charge in [0.1, 0.15) is 0 Å². The molecule has 0 aliphatic heterocycles. The van der Waals surface area contributed by atoms with Crippen molar-refractivity contribution in [1.82, 2.24) is 0 Å². The first kappa shape index (κ1) is 17.4. The molecule has 0 heteroatoms. The largest absolute Gasteiger partial charge is 0.106 e. The molecule has 0 aromatic heterocycles. The first-order chi connectivity index (χ1) is 7.57. The van der Waals surface area contributed by atoms with Gasteiger partial charge in [0.25, 0.3) is 0 Å². The van der Waals surface area contributed by atoms with Crippen LogP contribution in [0.5, 0.6) is 0 Å². The normalized spacial score (nSPS) is 8.62. The Kier molecular flexibility index (Phi) is 13.1. The van der Waals surface area contributed by atoms with Crippen LogP contribution >= 0.6 is 0 Å². The van der Waals surface area contributed by atoms with Crippen molar-refractivity contribution in [1.29, 1.82) is 0 Å². The Morgan fingerprint density at radius 3 is 1.88 bits per heavy atom. The van der Waals surface area contributed by atoms with Gasteiger partial charge in [-0.3, -0.25) is 0 Å². The van der Waals surface area contributed by atoms with Gasteiger partial charge in [0.15, 0.2) is 0 Å². The Bertz CT molecular complexity index is 245. The zero-order chi connectivity index (χ0) is 13.0. The van der Waals surface area contributed by atoms with Crippen molar-refractivity contribution in [2.45, 2.75) is 47.5 Å². The zero-order valence-electron chi connectivity index (χ0n) is 11.7. The SMILES string of the molecule is C=C.CC(C)C.CCCc1ccccc1C. The first-order valence-electron chi connectivity index (χ1n) is 6.12. The average Bonchev–Trinajstić information content (AvgIpc) is 2.24. The maximum absolute atomic E-state index is 3.00. The molecule has 0 radical (unpaired) electrons. The van der Waals surface area contributed by atoms with Crippen LogP contribution in [0.3, 0.4) is 0 Å². The fourth-order valence-electron chi connectivity index (χ4n) is 1.16. The molecule has 92 valence electrons. The molecule has 0 aliphatic carbocycles. The molecular formula is C16H28. The average molecular weight is 220 g/mol. The van der Waals surface area contributed by atoms with E-state index in [1.807, 2.05) is 0 Å². The van der Waals surface area contributed by atoms with Gasteiger partial charge in [-0.05, 0) is 30.4 Å². The third-order valence-electron chi connectivity index (χ3n) is 1.78. The van der Waals surface area contributed by atoms with Crippen LogP contribution in [0, 0.1) is 12.8 Å². The summed E-state index contributed by atoms with van der Waals surface area (Å²) >= 11 is 0. The van der Waals surface area contributed by atoms with Crippen LogP contribution in [-0.2, 0) is 6.42 Å². The lowest BCUT2D eigenvalue weighted by atomic mass is 10.1. The number of benzene rings is 1. The fourth-order valence-corrected chi connectivity index (χ4v) is 1.16. The summed E-state index contributed by atoms with van der Waals surface area (Å²) in [6, 6.07) is 8.58. The second kappa shape index (κ2) is 12.0. The highest BCUT2D eigenvalue weighted by Crippen LogP contribution is 2.08. The second-order valence-corrected chi connectivity index (χ2v) is 4.41. The van der Waals surface area contributed by atoms with E-state index in [1.54, 1.807) is 0 Å². The Labute approximate surface area is 102 Å². The molecule has 1 rings (SSSR count). The van der Waals surface area contributed by atoms with Gasteiger partial charge in [0.05, 0.1) is 0 Å². The fraction of sp³-hybridized carbons (Fsp3) is 0.500. The molecular weight excluding hydrogens is 192 g/mol. The molecule has 0 unspecified atom stereocenters. The van der Waals surface area contributed by atoms with Gasteiger partial charge in [-0.15, -0.1) is 13.2 Å². The van der Waals surface area contributed by atoms with Crippen LogP contribution in [0.25, 0.3) is 0 Å². The van der Waals surface area contributed by atoms with Crippen molar-refractivity contribution in [3.63, 3.8) is 0 Å². The topological polar surface area (TPSA) is 0 Å². The number of aryl methyl sites for hydroxylation is 2. The summed E-state index contributed by atoms with van der Waals surface area (Å²) in [4.78, 5) is 0. The summed E-state index contributed by atoms with van der Waals surface area (Å²) in [7, 11) is 0. The molecule has 0 bridgehead atoms. The van der Waals surface area contributed by atoms with Crippen molar-refractivity contribution in [2.24, 2.45) is 5.92 Å². The maximum atomic E-state index is 3.00. The van der Waals surface area contributed by atoms with E-state index in [2.05, 4.69) is 72.0 Å². The highest BCUT2D eigenvalue weighted by molar-refractivity contribution is 5.25. The minimum absolute atomic E-state index is 0.833. The molecule has 0 fully saturated rings. The van der Waals surface area contributed by atoms with Crippen LogP contribution in [-0.4, -0.2) is 0 Å². The van der Waals surface area contributed by atoms with Crippen molar-refractivity contribution in [3.8, 4) is 0 Å². The van der Waals surface area contributed by atoms with Crippen molar-refractivity contribution >= 4 is 0 Å². The van der Waals surface area contributed by atoms with Crippen LogP contribution in [0.4, 0.5) is 0 Å². The van der Waals surface area contributed by atoms with E-state index in [1.165, 1.54) is 24.0 Å². The summed E-state index contributed by atoms with van der Waals surface area (Å²) in [5.74, 6) is 0.833. The molecule has 0 atom stereocenters. The summed E-state index contributed by atoms with van der Waals surface area (Å²) in [5.41, 5.74) is 2.91. The van der Waals surface area contributed by atoms with E-state index in [-0.39, 0.29) is 0 Å². The van der Waals surface area contributed by atoms with E-state index in [0.717, 1.165) is 5.92 Å². The van der Waals surface area contributed by atoms with E-state index >= 15 is 0 Å². The molecule has 0 aliphatic rings. The predicted octanol–water partition coefficient (Wildman–Crippen LogP) is 5.41. The third kappa shape index (κ3) is 11.0. The lowest BCUT2D eigenvalue weighted by Gasteiger charge is -2.01. The lowest BCUT2D eigenvalue weighted by molar-refractivity contribution is 0.737. The van der Waals surface area contributed by atoms with Gasteiger partial charge in [0.2, 0.25) is 0 Å². The highest BCUT2D eigenvalue weighted by Gasteiger charge is 1.92. The Morgan fingerprint density at radius 2 is 1.50 bits per heavy atom. The van der Waals surface area contributed by atoms with Crippen molar-refractivity contribution < 1.29 is 0 Å². The third-order valence-corrected chi connectivity index (χ3v) is 1.78. The molecule has 0 saturated carbocycles. The number of hydrogen-bond donors (Lipinski definition) is 0. The second-order valence-electron chi connectivity index (χ2n) is 4.41. The van der Waals surface area contributed by atoms with Crippen LogP contribution in [0.15, 0.2) is 37.4 Å². The van der Waals surface area contributed by atoms with Crippen LogP contribution in [0.2, 0.25) is 0 Å². The molecule has 0 heterocycles. The maximum Gasteiger partial charge on any atom is -0.0279 e. The minimum Gasteiger partial charge on any atom is -0.106 e. The molecule has 1 aromatic rings. The Balaban J connectivity index is 0. The predicted molar refractivity (Wildman–Crippen MR) is 76.9 cm³/mol. The quantitative estimate of drug-likeness (QED) is 0.584. The number of rotatable bonds is 2.